The minimum atomic E-state index is -2.98. The lowest BCUT2D eigenvalue weighted by Gasteiger charge is -2.34. The lowest BCUT2D eigenvalue weighted by molar-refractivity contribution is 0.0646. The van der Waals surface area contributed by atoms with Crippen LogP contribution in [0.3, 0.4) is 0 Å². The summed E-state index contributed by atoms with van der Waals surface area (Å²) in [5.74, 6) is 0.345. The molecule has 0 atom stereocenters. The van der Waals surface area contributed by atoms with Gasteiger partial charge in [-0.15, -0.1) is 0 Å². The van der Waals surface area contributed by atoms with Crippen LogP contribution in [-0.4, -0.2) is 83.6 Å². The molecule has 0 N–H and O–H groups in total. The van der Waals surface area contributed by atoms with E-state index in [1.165, 1.54) is 6.26 Å². The van der Waals surface area contributed by atoms with Crippen molar-refractivity contribution in [1.29, 1.82) is 0 Å². The fourth-order valence-electron chi connectivity index (χ4n) is 3.53. The van der Waals surface area contributed by atoms with Gasteiger partial charge in [0.15, 0.2) is 5.65 Å². The summed E-state index contributed by atoms with van der Waals surface area (Å²) < 4.78 is 24.6. The van der Waals surface area contributed by atoms with Crippen molar-refractivity contribution in [3.05, 3.63) is 23.5 Å². The number of hydrogen-bond acceptors (Lipinski definition) is 6. The third-order valence-electron chi connectivity index (χ3n) is 5.34. The predicted octanol–water partition coefficient (Wildman–Crippen LogP) is 1.94. The molecule has 3 heterocycles. The van der Waals surface area contributed by atoms with Crippen LogP contribution in [0.5, 0.6) is 0 Å². The van der Waals surface area contributed by atoms with E-state index in [2.05, 4.69) is 23.8 Å². The van der Waals surface area contributed by atoms with E-state index in [0.717, 1.165) is 16.7 Å². The van der Waals surface area contributed by atoms with E-state index in [1.54, 1.807) is 6.20 Å². The summed E-state index contributed by atoms with van der Waals surface area (Å²) in [7, 11) is -2.98. The number of aromatic nitrogens is 3. The van der Waals surface area contributed by atoms with Crippen molar-refractivity contribution in [2.24, 2.45) is 0 Å². The highest BCUT2D eigenvalue weighted by molar-refractivity contribution is 7.90. The monoisotopic (exact) mass is 421 g/mol. The number of rotatable bonds is 6. The lowest BCUT2D eigenvalue weighted by Crippen LogP contribution is -2.49. The molecule has 0 spiro atoms. The van der Waals surface area contributed by atoms with Crippen molar-refractivity contribution < 1.29 is 13.2 Å². The van der Waals surface area contributed by atoms with Gasteiger partial charge in [-0.1, -0.05) is 13.8 Å². The Hall–Kier alpha value is -2.00. The minimum Gasteiger partial charge on any atom is -0.336 e. The largest absolute Gasteiger partial charge is 0.336 e. The molecule has 1 saturated heterocycles. The summed E-state index contributed by atoms with van der Waals surface area (Å²) in [4.78, 5) is 22.1. The van der Waals surface area contributed by atoms with Gasteiger partial charge in [0.1, 0.15) is 9.84 Å². The Bertz CT molecular complexity index is 989. The summed E-state index contributed by atoms with van der Waals surface area (Å²) >= 11 is 0. The minimum absolute atomic E-state index is 0.00892. The normalized spacial score (nSPS) is 16.3. The van der Waals surface area contributed by atoms with E-state index < -0.39 is 9.84 Å². The van der Waals surface area contributed by atoms with Crippen molar-refractivity contribution in [2.45, 2.75) is 39.7 Å². The molecule has 3 rings (SSSR count). The summed E-state index contributed by atoms with van der Waals surface area (Å²) in [6.45, 7) is 11.3. The van der Waals surface area contributed by atoms with Crippen LogP contribution in [0.25, 0.3) is 11.0 Å². The molecule has 1 aliphatic heterocycles. The van der Waals surface area contributed by atoms with E-state index in [9.17, 15) is 13.2 Å². The summed E-state index contributed by atoms with van der Waals surface area (Å²) in [5.41, 5.74) is 2.28. The molecular formula is C20H31N5O3S. The van der Waals surface area contributed by atoms with Gasteiger partial charge in [-0.3, -0.25) is 9.69 Å². The van der Waals surface area contributed by atoms with Crippen LogP contribution < -0.4 is 0 Å². The first-order valence-corrected chi connectivity index (χ1v) is 12.2. The summed E-state index contributed by atoms with van der Waals surface area (Å²) in [6.07, 6.45) is 2.99. The first kappa shape index (κ1) is 21.7. The van der Waals surface area contributed by atoms with E-state index >= 15 is 0 Å². The fourth-order valence-corrected chi connectivity index (χ4v) is 4.12. The third kappa shape index (κ3) is 4.95. The molecule has 0 saturated carbocycles. The maximum absolute atomic E-state index is 13.3. The fraction of sp³-hybridized carbons (Fsp3) is 0.650. The van der Waals surface area contributed by atoms with Gasteiger partial charge in [0.25, 0.3) is 5.91 Å². The van der Waals surface area contributed by atoms with Crippen LogP contribution in [-0.2, 0) is 9.84 Å². The van der Waals surface area contributed by atoms with Crippen molar-refractivity contribution in [3.63, 3.8) is 0 Å². The molecule has 29 heavy (non-hydrogen) atoms. The molecule has 2 aromatic rings. The third-order valence-corrected chi connectivity index (χ3v) is 6.26. The zero-order valence-electron chi connectivity index (χ0n) is 17.9. The van der Waals surface area contributed by atoms with Crippen LogP contribution in [0.1, 0.15) is 55.7 Å². The second kappa shape index (κ2) is 8.39. The average Bonchev–Trinajstić information content (AvgIpc) is 3.09. The highest BCUT2D eigenvalue weighted by Crippen LogP contribution is 2.25. The predicted molar refractivity (Wildman–Crippen MR) is 114 cm³/mol. The molecule has 0 aliphatic carbocycles. The highest BCUT2D eigenvalue weighted by atomic mass is 32.2. The van der Waals surface area contributed by atoms with Crippen LogP contribution in [0.15, 0.2) is 12.3 Å². The number of fused-ring (bicyclic) bond motifs is 1. The van der Waals surface area contributed by atoms with E-state index in [0.29, 0.717) is 38.3 Å². The molecule has 9 heteroatoms. The van der Waals surface area contributed by atoms with E-state index in [1.807, 2.05) is 29.5 Å². The lowest BCUT2D eigenvalue weighted by atomic mass is 10.0. The molecular weight excluding hydrogens is 390 g/mol. The van der Waals surface area contributed by atoms with Gasteiger partial charge in [-0.2, -0.15) is 5.10 Å². The van der Waals surface area contributed by atoms with Crippen molar-refractivity contribution >= 4 is 26.8 Å². The number of piperazine rings is 1. The maximum Gasteiger partial charge on any atom is 0.254 e. The summed E-state index contributed by atoms with van der Waals surface area (Å²) in [5, 5.41) is 5.25. The quantitative estimate of drug-likeness (QED) is 0.708. The van der Waals surface area contributed by atoms with Gasteiger partial charge in [0.05, 0.1) is 22.9 Å². The molecule has 0 bridgehead atoms. The molecule has 0 unspecified atom stereocenters. The van der Waals surface area contributed by atoms with Gasteiger partial charge in [-0.05, 0) is 25.8 Å². The molecule has 2 aromatic heterocycles. The number of nitrogens with zero attached hydrogens (tertiary/aromatic N) is 5. The Morgan fingerprint density at radius 3 is 2.34 bits per heavy atom. The second-order valence-corrected chi connectivity index (χ2v) is 10.7. The van der Waals surface area contributed by atoms with Gasteiger partial charge < -0.3 is 4.90 Å². The number of carbonyl (C=O) groups excluding carboxylic acids is 1. The van der Waals surface area contributed by atoms with Crippen LogP contribution >= 0.6 is 0 Å². The van der Waals surface area contributed by atoms with Crippen LogP contribution in [0, 0.1) is 0 Å². The molecule has 1 aliphatic rings. The van der Waals surface area contributed by atoms with Crippen molar-refractivity contribution in [2.75, 3.05) is 44.7 Å². The van der Waals surface area contributed by atoms with Gasteiger partial charge >= 0.3 is 0 Å². The van der Waals surface area contributed by atoms with Crippen LogP contribution in [0.4, 0.5) is 0 Å². The zero-order valence-corrected chi connectivity index (χ0v) is 18.7. The Balaban J connectivity index is 1.82. The van der Waals surface area contributed by atoms with E-state index in [-0.39, 0.29) is 23.6 Å². The van der Waals surface area contributed by atoms with Crippen LogP contribution in [0.2, 0.25) is 0 Å². The van der Waals surface area contributed by atoms with Gasteiger partial charge in [0.2, 0.25) is 0 Å². The summed E-state index contributed by atoms with van der Waals surface area (Å²) in [6, 6.07) is 2.06. The second-order valence-electron chi connectivity index (χ2n) is 8.43. The maximum atomic E-state index is 13.3. The Morgan fingerprint density at radius 1 is 1.14 bits per heavy atom. The smallest absolute Gasteiger partial charge is 0.254 e. The van der Waals surface area contributed by atoms with Crippen molar-refractivity contribution in [3.8, 4) is 0 Å². The number of amides is 1. The van der Waals surface area contributed by atoms with Gasteiger partial charge in [-0.25, -0.2) is 18.1 Å². The number of sulfone groups is 1. The number of pyridine rings is 1. The first-order chi connectivity index (χ1) is 13.6. The number of carbonyl (C=O) groups is 1. The highest BCUT2D eigenvalue weighted by Gasteiger charge is 2.26. The first-order valence-electron chi connectivity index (χ1n) is 10.1. The Morgan fingerprint density at radius 2 is 1.79 bits per heavy atom. The molecule has 8 nitrogen and oxygen atoms in total. The van der Waals surface area contributed by atoms with Crippen molar-refractivity contribution in [1.82, 2.24) is 24.6 Å². The van der Waals surface area contributed by atoms with Gasteiger partial charge in [0, 0.05) is 50.7 Å². The molecule has 0 radical (unpaired) electrons. The standard InChI is InChI=1S/C20H31N5O3S/c1-14(2)18-12-16(17-13-21-25(15(3)4)19(17)22-18)20(26)24-8-6-23(7-9-24)10-11-29(5,27)28/h12-15H,6-11H2,1-5H3. The van der Waals surface area contributed by atoms with E-state index in [4.69, 9.17) is 4.98 Å². The number of hydrogen-bond donors (Lipinski definition) is 0. The molecule has 1 amide bonds. The SMILES string of the molecule is CC(C)c1cc(C(=O)N2CCN(CCS(C)(=O)=O)CC2)c2cnn(C(C)C)c2n1. The Kier molecular flexibility index (Phi) is 6.28. The molecule has 0 aromatic carbocycles. The Labute approximate surface area is 172 Å². The molecule has 160 valence electrons. The topological polar surface area (TPSA) is 88.4 Å². The zero-order chi connectivity index (χ0) is 21.3. The molecule has 1 fully saturated rings. The average molecular weight is 422 g/mol.